The van der Waals surface area contributed by atoms with Crippen LogP contribution in [0.3, 0.4) is 0 Å². The average molecular weight is 287 g/mol. The van der Waals surface area contributed by atoms with E-state index in [-0.39, 0.29) is 0 Å². The Morgan fingerprint density at radius 2 is 2.29 bits per heavy atom. The first-order valence-electron chi connectivity index (χ1n) is 8.10. The van der Waals surface area contributed by atoms with Crippen LogP contribution in [0.25, 0.3) is 0 Å². The zero-order valence-corrected chi connectivity index (χ0v) is 13.1. The van der Waals surface area contributed by atoms with E-state index in [0.717, 1.165) is 24.5 Å². The Balaban J connectivity index is 1.79. The van der Waals surface area contributed by atoms with Crippen molar-refractivity contribution in [2.45, 2.75) is 58.5 Å². The third-order valence-electron chi connectivity index (χ3n) is 4.22. The van der Waals surface area contributed by atoms with Crippen LogP contribution >= 0.6 is 0 Å². The Morgan fingerprint density at radius 3 is 3.05 bits per heavy atom. The van der Waals surface area contributed by atoms with Gasteiger partial charge in [-0.25, -0.2) is 0 Å². The molecule has 3 rings (SSSR count). The minimum Gasteiger partial charge on any atom is -0.361 e. The molecule has 0 aliphatic heterocycles. The highest BCUT2D eigenvalue weighted by atomic mass is 16.5. The van der Waals surface area contributed by atoms with Crippen molar-refractivity contribution >= 4 is 0 Å². The van der Waals surface area contributed by atoms with Gasteiger partial charge in [0.15, 0.2) is 0 Å². The number of rotatable bonds is 5. The summed E-state index contributed by atoms with van der Waals surface area (Å²) < 4.78 is 7.42. The number of fused-ring (bicyclic) bond motifs is 1. The Kier molecular flexibility index (Phi) is 4.44. The Bertz CT molecular complexity index is 585. The lowest BCUT2D eigenvalue weighted by Crippen LogP contribution is -2.21. The van der Waals surface area contributed by atoms with E-state index >= 15 is 0 Å². The summed E-state index contributed by atoms with van der Waals surface area (Å²) >= 11 is 0. The number of nitrogens with one attached hydrogen (secondary N) is 1. The first-order valence-corrected chi connectivity index (χ1v) is 8.10. The Morgan fingerprint density at radius 1 is 1.38 bits per heavy atom. The van der Waals surface area contributed by atoms with Gasteiger partial charge in [-0.1, -0.05) is 18.5 Å². The van der Waals surface area contributed by atoms with Crippen molar-refractivity contribution in [1.29, 1.82) is 0 Å². The zero-order valence-electron chi connectivity index (χ0n) is 13.1. The number of nitrogens with zero attached hydrogens (tertiary/aromatic N) is 2. The van der Waals surface area contributed by atoms with Crippen molar-refractivity contribution in [2.24, 2.45) is 0 Å². The normalized spacial score (nSPS) is 18.5. The van der Waals surface area contributed by atoms with Crippen LogP contribution in [0.15, 0.2) is 23.0 Å². The van der Waals surface area contributed by atoms with Crippen molar-refractivity contribution in [3.8, 4) is 0 Å². The van der Waals surface area contributed by atoms with Crippen molar-refractivity contribution in [3.05, 3.63) is 41.0 Å². The molecule has 4 heteroatoms. The number of aryl methyl sites for hydroxylation is 2. The zero-order chi connectivity index (χ0) is 14.7. The predicted octanol–water partition coefficient (Wildman–Crippen LogP) is 3.60. The first kappa shape index (κ1) is 14.4. The van der Waals surface area contributed by atoms with Crippen LogP contribution in [-0.2, 0) is 13.0 Å². The summed E-state index contributed by atoms with van der Waals surface area (Å²) in [6.45, 7) is 6.05. The fraction of sp³-hybridized carbons (Fsp3) is 0.588. The third-order valence-corrected chi connectivity index (χ3v) is 4.22. The minimum atomic E-state index is 0.516. The maximum absolute atomic E-state index is 5.16. The summed E-state index contributed by atoms with van der Waals surface area (Å²) in [5, 5.41) is 7.79. The molecule has 1 N–H and O–H groups in total. The quantitative estimate of drug-likeness (QED) is 0.854. The maximum Gasteiger partial charge on any atom is 0.133 e. The standard InChI is InChI=1S/C17H25N3O/c1-3-8-18-17-7-5-4-6-14-10-20(12-16(14)17)11-15-9-13(2)21-19-15/h9-10,12,17-18H,3-8,11H2,1-2H3. The SMILES string of the molecule is CCCNC1CCCCc2cn(Cc3cc(C)on3)cc21. The summed E-state index contributed by atoms with van der Waals surface area (Å²) in [4.78, 5) is 0. The molecule has 2 aromatic rings. The van der Waals surface area contributed by atoms with Gasteiger partial charge in [0.05, 0.1) is 6.54 Å². The van der Waals surface area contributed by atoms with Crippen molar-refractivity contribution < 1.29 is 4.52 Å². The van der Waals surface area contributed by atoms with E-state index in [1.807, 2.05) is 13.0 Å². The van der Waals surface area contributed by atoms with Crippen molar-refractivity contribution in [1.82, 2.24) is 15.0 Å². The van der Waals surface area contributed by atoms with Gasteiger partial charge in [-0.3, -0.25) is 0 Å². The van der Waals surface area contributed by atoms with Gasteiger partial charge in [0.2, 0.25) is 0 Å². The summed E-state index contributed by atoms with van der Waals surface area (Å²) in [6, 6.07) is 2.53. The molecule has 0 bridgehead atoms. The van der Waals surface area contributed by atoms with E-state index in [2.05, 4.69) is 34.4 Å². The second-order valence-corrected chi connectivity index (χ2v) is 6.09. The van der Waals surface area contributed by atoms with Crippen LogP contribution in [0.2, 0.25) is 0 Å². The van der Waals surface area contributed by atoms with Crippen LogP contribution in [-0.4, -0.2) is 16.3 Å². The van der Waals surface area contributed by atoms with E-state index in [4.69, 9.17) is 4.52 Å². The van der Waals surface area contributed by atoms with Crippen LogP contribution in [0, 0.1) is 6.92 Å². The molecule has 0 radical (unpaired) electrons. The molecule has 1 aliphatic carbocycles. The van der Waals surface area contributed by atoms with Crippen LogP contribution in [0.1, 0.15) is 61.2 Å². The molecule has 2 heterocycles. The van der Waals surface area contributed by atoms with Crippen LogP contribution in [0.5, 0.6) is 0 Å². The lowest BCUT2D eigenvalue weighted by molar-refractivity contribution is 0.389. The molecule has 0 saturated carbocycles. The van der Waals surface area contributed by atoms with Crippen molar-refractivity contribution in [2.75, 3.05) is 6.54 Å². The van der Waals surface area contributed by atoms with Gasteiger partial charge >= 0.3 is 0 Å². The molecule has 2 aromatic heterocycles. The number of hydrogen-bond acceptors (Lipinski definition) is 3. The van der Waals surface area contributed by atoms with Crippen molar-refractivity contribution in [3.63, 3.8) is 0 Å². The molecule has 21 heavy (non-hydrogen) atoms. The fourth-order valence-corrected chi connectivity index (χ4v) is 3.22. The molecule has 114 valence electrons. The molecular formula is C17H25N3O. The number of aromatic nitrogens is 2. The molecule has 1 unspecified atom stereocenters. The summed E-state index contributed by atoms with van der Waals surface area (Å²) in [6.07, 6.45) is 10.8. The lowest BCUT2D eigenvalue weighted by Gasteiger charge is -2.16. The highest BCUT2D eigenvalue weighted by Gasteiger charge is 2.20. The van der Waals surface area contributed by atoms with E-state index in [1.54, 1.807) is 0 Å². The molecule has 1 atom stereocenters. The van der Waals surface area contributed by atoms with E-state index in [9.17, 15) is 0 Å². The van der Waals surface area contributed by atoms with Gasteiger partial charge in [-0.05, 0) is 50.3 Å². The molecule has 1 aliphatic rings. The molecule has 0 fully saturated rings. The van der Waals surface area contributed by atoms with Gasteiger partial charge < -0.3 is 14.4 Å². The van der Waals surface area contributed by atoms with Crippen LogP contribution < -0.4 is 5.32 Å². The van der Waals surface area contributed by atoms with E-state index < -0.39 is 0 Å². The van der Waals surface area contributed by atoms with Crippen LogP contribution in [0.4, 0.5) is 0 Å². The molecule has 0 spiro atoms. The predicted molar refractivity (Wildman–Crippen MR) is 83.4 cm³/mol. The van der Waals surface area contributed by atoms with Gasteiger partial charge in [0, 0.05) is 24.5 Å². The minimum absolute atomic E-state index is 0.516. The van der Waals surface area contributed by atoms with Gasteiger partial charge in [-0.2, -0.15) is 0 Å². The third kappa shape index (κ3) is 3.38. The largest absolute Gasteiger partial charge is 0.361 e. The Hall–Kier alpha value is -1.55. The summed E-state index contributed by atoms with van der Waals surface area (Å²) in [5.41, 5.74) is 3.98. The maximum atomic E-state index is 5.16. The second-order valence-electron chi connectivity index (χ2n) is 6.09. The monoisotopic (exact) mass is 287 g/mol. The molecular weight excluding hydrogens is 262 g/mol. The lowest BCUT2D eigenvalue weighted by atomic mass is 10.0. The Labute approximate surface area is 126 Å². The molecule has 0 aromatic carbocycles. The first-order chi connectivity index (χ1) is 10.3. The topological polar surface area (TPSA) is 43.0 Å². The van der Waals surface area contributed by atoms with Gasteiger partial charge in [0.1, 0.15) is 11.5 Å². The highest BCUT2D eigenvalue weighted by Crippen LogP contribution is 2.29. The molecule has 0 saturated heterocycles. The molecule has 0 amide bonds. The second kappa shape index (κ2) is 6.48. The van der Waals surface area contributed by atoms with Gasteiger partial charge in [-0.15, -0.1) is 0 Å². The van der Waals surface area contributed by atoms with Gasteiger partial charge in [0.25, 0.3) is 0 Å². The number of hydrogen-bond donors (Lipinski definition) is 1. The summed E-state index contributed by atoms with van der Waals surface area (Å²) in [7, 11) is 0. The fourth-order valence-electron chi connectivity index (χ4n) is 3.22. The summed E-state index contributed by atoms with van der Waals surface area (Å²) in [5.74, 6) is 0.876. The average Bonchev–Trinajstić information content (AvgIpc) is 3.00. The van der Waals surface area contributed by atoms with E-state index in [0.29, 0.717) is 6.04 Å². The molecule has 4 nitrogen and oxygen atoms in total. The van der Waals surface area contributed by atoms with E-state index in [1.165, 1.54) is 43.2 Å². The smallest absolute Gasteiger partial charge is 0.133 e. The highest BCUT2D eigenvalue weighted by molar-refractivity contribution is 5.29.